The zero-order valence-electron chi connectivity index (χ0n) is 16.1. The van der Waals surface area contributed by atoms with Crippen LogP contribution in [0.15, 0.2) is 33.7 Å². The molecule has 0 unspecified atom stereocenters. The van der Waals surface area contributed by atoms with Crippen LogP contribution in [-0.4, -0.2) is 61.7 Å². The molecule has 2 heterocycles. The first-order valence-corrected chi connectivity index (χ1v) is 11.6. The highest BCUT2D eigenvalue weighted by Crippen LogP contribution is 2.25. The van der Waals surface area contributed by atoms with E-state index in [0.29, 0.717) is 18.7 Å². The molecule has 2 aromatic rings. The quantitative estimate of drug-likeness (QED) is 0.776. The number of carbonyl (C=O) groups excluding carboxylic acids is 1. The maximum atomic E-state index is 12.8. The Bertz CT molecular complexity index is 975. The topological polar surface area (TPSA) is 83.7 Å². The number of fused-ring (bicyclic) bond motifs is 1. The average molecular weight is 404 g/mol. The fourth-order valence-electron chi connectivity index (χ4n) is 3.94. The van der Waals surface area contributed by atoms with Crippen molar-refractivity contribution in [3.05, 3.63) is 46.8 Å². The lowest BCUT2D eigenvalue weighted by Crippen LogP contribution is -2.48. The zero-order valence-corrected chi connectivity index (χ0v) is 16.9. The molecule has 4 rings (SSSR count). The smallest absolute Gasteiger partial charge is 0.253 e. The van der Waals surface area contributed by atoms with Crippen LogP contribution in [0.5, 0.6) is 0 Å². The first-order valence-electron chi connectivity index (χ1n) is 9.70. The van der Waals surface area contributed by atoms with Crippen molar-refractivity contribution in [2.75, 3.05) is 32.4 Å². The molecule has 28 heavy (non-hydrogen) atoms. The lowest BCUT2D eigenvalue weighted by molar-refractivity contribution is 0.0625. The van der Waals surface area contributed by atoms with Crippen molar-refractivity contribution in [2.45, 2.75) is 37.1 Å². The Morgan fingerprint density at radius 2 is 1.89 bits per heavy atom. The summed E-state index contributed by atoms with van der Waals surface area (Å²) in [7, 11) is -3.33. The van der Waals surface area contributed by atoms with E-state index in [0.717, 1.165) is 50.2 Å². The number of hydrogen-bond acceptors (Lipinski definition) is 6. The molecule has 0 radical (unpaired) electrons. The minimum absolute atomic E-state index is 0.121. The molecule has 1 fully saturated rings. The number of amides is 1. The second-order valence-corrected chi connectivity index (χ2v) is 9.62. The standard InChI is InChI=1S/C20H25N3O4S/c1-28(25,26)16-6-4-5-15(13-16)20(24)23-11-9-22(10-12-23)14-18-17-7-2-3-8-19(17)27-21-18/h4-6,13H,2-3,7-12,14H2,1H3. The number of aryl methyl sites for hydroxylation is 1. The highest BCUT2D eigenvalue weighted by atomic mass is 32.2. The van der Waals surface area contributed by atoms with Gasteiger partial charge >= 0.3 is 0 Å². The predicted molar refractivity (Wildman–Crippen MR) is 104 cm³/mol. The molecule has 8 heteroatoms. The van der Waals surface area contributed by atoms with Gasteiger partial charge in [-0.2, -0.15) is 0 Å². The second kappa shape index (κ2) is 7.67. The molecule has 1 aromatic heterocycles. The average Bonchev–Trinajstić information content (AvgIpc) is 3.10. The molecule has 2 aliphatic rings. The van der Waals surface area contributed by atoms with Crippen LogP contribution < -0.4 is 0 Å². The Labute approximate surface area is 165 Å². The molecule has 7 nitrogen and oxygen atoms in total. The minimum Gasteiger partial charge on any atom is -0.361 e. The molecular formula is C20H25N3O4S. The Kier molecular flexibility index (Phi) is 5.25. The molecule has 1 aliphatic heterocycles. The maximum absolute atomic E-state index is 12.8. The Hall–Kier alpha value is -2.19. The van der Waals surface area contributed by atoms with Crippen LogP contribution in [0.1, 0.15) is 40.2 Å². The van der Waals surface area contributed by atoms with Gasteiger partial charge in [-0.1, -0.05) is 11.2 Å². The number of benzene rings is 1. The molecule has 150 valence electrons. The van der Waals surface area contributed by atoms with E-state index in [1.807, 2.05) is 0 Å². The number of piperazine rings is 1. The molecule has 1 saturated heterocycles. The monoisotopic (exact) mass is 403 g/mol. The van der Waals surface area contributed by atoms with Crippen molar-refractivity contribution < 1.29 is 17.7 Å². The summed E-state index contributed by atoms with van der Waals surface area (Å²) in [6.45, 7) is 3.51. The van der Waals surface area contributed by atoms with Gasteiger partial charge in [0.05, 0.1) is 4.90 Å². The number of nitrogens with zero attached hydrogens (tertiary/aromatic N) is 3. The van der Waals surface area contributed by atoms with Gasteiger partial charge in [0, 0.05) is 56.5 Å². The third kappa shape index (κ3) is 3.98. The first-order chi connectivity index (χ1) is 13.4. The van der Waals surface area contributed by atoms with Gasteiger partial charge in [0.15, 0.2) is 9.84 Å². The number of rotatable bonds is 4. The van der Waals surface area contributed by atoms with Gasteiger partial charge in [0.2, 0.25) is 0 Å². The van der Waals surface area contributed by atoms with E-state index in [4.69, 9.17) is 4.52 Å². The number of aromatic nitrogens is 1. The van der Waals surface area contributed by atoms with Crippen LogP contribution in [0.2, 0.25) is 0 Å². The summed E-state index contributed by atoms with van der Waals surface area (Å²) in [4.78, 5) is 17.0. The third-order valence-corrected chi connectivity index (χ3v) is 6.68. The summed E-state index contributed by atoms with van der Waals surface area (Å²) in [5.41, 5.74) is 2.74. The largest absolute Gasteiger partial charge is 0.361 e. The van der Waals surface area contributed by atoms with E-state index in [2.05, 4.69) is 10.1 Å². The van der Waals surface area contributed by atoms with Crippen molar-refractivity contribution >= 4 is 15.7 Å². The van der Waals surface area contributed by atoms with Crippen molar-refractivity contribution in [3.8, 4) is 0 Å². The van der Waals surface area contributed by atoms with Crippen LogP contribution in [0, 0.1) is 0 Å². The third-order valence-electron chi connectivity index (χ3n) is 5.57. The van der Waals surface area contributed by atoms with Crippen molar-refractivity contribution in [2.24, 2.45) is 0 Å². The van der Waals surface area contributed by atoms with Crippen LogP contribution in [0.25, 0.3) is 0 Å². The maximum Gasteiger partial charge on any atom is 0.253 e. The fraction of sp³-hybridized carbons (Fsp3) is 0.500. The van der Waals surface area contributed by atoms with E-state index < -0.39 is 9.84 Å². The Morgan fingerprint density at radius 3 is 2.64 bits per heavy atom. The van der Waals surface area contributed by atoms with E-state index in [9.17, 15) is 13.2 Å². The molecule has 0 atom stereocenters. The number of sulfone groups is 1. The normalized spacial score (nSPS) is 18.1. The fourth-order valence-corrected chi connectivity index (χ4v) is 4.60. The summed E-state index contributed by atoms with van der Waals surface area (Å²) >= 11 is 0. The molecule has 1 aromatic carbocycles. The Balaban J connectivity index is 1.38. The van der Waals surface area contributed by atoms with E-state index in [1.54, 1.807) is 17.0 Å². The van der Waals surface area contributed by atoms with Gasteiger partial charge in [-0.3, -0.25) is 9.69 Å². The molecular weight excluding hydrogens is 378 g/mol. The van der Waals surface area contributed by atoms with E-state index in [-0.39, 0.29) is 10.8 Å². The molecule has 1 amide bonds. The van der Waals surface area contributed by atoms with Gasteiger partial charge in [-0.15, -0.1) is 0 Å². The molecule has 1 aliphatic carbocycles. The molecule has 0 bridgehead atoms. The SMILES string of the molecule is CS(=O)(=O)c1cccc(C(=O)N2CCN(Cc3noc4c3CCCC4)CC2)c1. The summed E-state index contributed by atoms with van der Waals surface area (Å²) < 4.78 is 29.0. The second-order valence-electron chi connectivity index (χ2n) is 7.61. The van der Waals surface area contributed by atoms with E-state index >= 15 is 0 Å². The highest BCUT2D eigenvalue weighted by molar-refractivity contribution is 7.90. The molecule has 0 saturated carbocycles. The van der Waals surface area contributed by atoms with E-state index in [1.165, 1.54) is 30.5 Å². The van der Waals surface area contributed by atoms with Crippen molar-refractivity contribution in [1.82, 2.24) is 15.0 Å². The van der Waals surface area contributed by atoms with Gasteiger partial charge < -0.3 is 9.42 Å². The summed E-state index contributed by atoms with van der Waals surface area (Å²) in [6.07, 6.45) is 5.54. The van der Waals surface area contributed by atoms with Crippen molar-refractivity contribution in [3.63, 3.8) is 0 Å². The van der Waals surface area contributed by atoms with Gasteiger partial charge in [0.25, 0.3) is 5.91 Å². The van der Waals surface area contributed by atoms with Crippen molar-refractivity contribution in [1.29, 1.82) is 0 Å². The molecule has 0 spiro atoms. The van der Waals surface area contributed by atoms with Crippen LogP contribution >= 0.6 is 0 Å². The van der Waals surface area contributed by atoms with Crippen LogP contribution in [0.3, 0.4) is 0 Å². The highest BCUT2D eigenvalue weighted by Gasteiger charge is 2.26. The lowest BCUT2D eigenvalue weighted by Gasteiger charge is -2.34. The van der Waals surface area contributed by atoms with Gasteiger partial charge in [-0.25, -0.2) is 8.42 Å². The molecule has 0 N–H and O–H groups in total. The van der Waals surface area contributed by atoms with Crippen LogP contribution in [-0.2, 0) is 29.2 Å². The van der Waals surface area contributed by atoms with Crippen LogP contribution in [0.4, 0.5) is 0 Å². The summed E-state index contributed by atoms with van der Waals surface area (Å²) in [6, 6.07) is 6.27. The van der Waals surface area contributed by atoms with Gasteiger partial charge in [0.1, 0.15) is 11.5 Å². The lowest BCUT2D eigenvalue weighted by atomic mass is 9.96. The minimum atomic E-state index is -3.33. The zero-order chi connectivity index (χ0) is 19.7. The summed E-state index contributed by atoms with van der Waals surface area (Å²) in [5.74, 6) is 0.921. The Morgan fingerprint density at radius 1 is 1.14 bits per heavy atom. The predicted octanol–water partition coefficient (Wildman–Crippen LogP) is 1.91. The number of hydrogen-bond donors (Lipinski definition) is 0. The summed E-state index contributed by atoms with van der Waals surface area (Å²) in [5, 5.41) is 4.27. The first kappa shape index (κ1) is 19.1. The number of carbonyl (C=O) groups is 1. The van der Waals surface area contributed by atoms with Gasteiger partial charge in [-0.05, 0) is 37.5 Å².